The van der Waals surface area contributed by atoms with Crippen molar-refractivity contribution >= 4 is 35.4 Å². The normalized spacial score (nSPS) is 11.9. The number of carbonyl (C=O) groups is 3. The number of nitrogens with one attached hydrogen (secondary N) is 2. The van der Waals surface area contributed by atoms with Crippen LogP contribution in [0.15, 0.2) is 72.8 Å². The molecule has 0 spiro atoms. The van der Waals surface area contributed by atoms with Gasteiger partial charge in [0.2, 0.25) is 5.91 Å². The molecule has 0 atom stereocenters. The highest BCUT2D eigenvalue weighted by atomic mass is 32.2. The van der Waals surface area contributed by atoms with Gasteiger partial charge in [-0.1, -0.05) is 60.7 Å². The van der Waals surface area contributed by atoms with Gasteiger partial charge in [-0.05, 0) is 34.4 Å². The van der Waals surface area contributed by atoms with Crippen molar-refractivity contribution in [3.8, 4) is 11.1 Å². The summed E-state index contributed by atoms with van der Waals surface area (Å²) < 4.78 is 5.49. The van der Waals surface area contributed by atoms with Gasteiger partial charge in [-0.2, -0.15) is 11.8 Å². The first-order chi connectivity index (χ1) is 16.5. The Morgan fingerprint density at radius 2 is 1.50 bits per heavy atom. The average molecular weight is 477 g/mol. The Bertz CT molecular complexity index is 1170. The third-order valence-electron chi connectivity index (χ3n) is 5.52. The maximum Gasteiger partial charge on any atom is 0.407 e. The molecule has 34 heavy (non-hydrogen) atoms. The van der Waals surface area contributed by atoms with Crippen LogP contribution < -0.4 is 10.6 Å². The lowest BCUT2D eigenvalue weighted by Crippen LogP contribution is -2.28. The van der Waals surface area contributed by atoms with Crippen LogP contribution in [0.3, 0.4) is 0 Å². The molecule has 0 aliphatic heterocycles. The van der Waals surface area contributed by atoms with E-state index in [1.54, 1.807) is 18.2 Å². The molecule has 8 heteroatoms. The maximum absolute atomic E-state index is 12.2. The van der Waals surface area contributed by atoms with Gasteiger partial charge in [0.1, 0.15) is 6.61 Å². The fourth-order valence-electron chi connectivity index (χ4n) is 4.00. The zero-order chi connectivity index (χ0) is 23.9. The van der Waals surface area contributed by atoms with Crippen molar-refractivity contribution in [2.45, 2.75) is 5.92 Å². The number of thioether (sulfide) groups is 1. The summed E-state index contributed by atoms with van der Waals surface area (Å²) in [5, 5.41) is 14.5. The van der Waals surface area contributed by atoms with Crippen LogP contribution in [-0.4, -0.2) is 47.7 Å². The Balaban J connectivity index is 1.18. The Hall–Kier alpha value is -3.78. The number of rotatable bonds is 9. The first-order valence-corrected chi connectivity index (χ1v) is 12.0. The van der Waals surface area contributed by atoms with E-state index in [1.165, 1.54) is 29.0 Å². The molecule has 174 valence electrons. The predicted molar refractivity (Wildman–Crippen MR) is 132 cm³/mol. The van der Waals surface area contributed by atoms with E-state index < -0.39 is 12.1 Å². The number of anilines is 1. The van der Waals surface area contributed by atoms with E-state index in [2.05, 4.69) is 34.9 Å². The highest BCUT2D eigenvalue weighted by Gasteiger charge is 2.28. The summed E-state index contributed by atoms with van der Waals surface area (Å²) in [4.78, 5) is 35.5. The van der Waals surface area contributed by atoms with Crippen molar-refractivity contribution in [3.05, 3.63) is 89.5 Å². The Morgan fingerprint density at radius 1 is 0.882 bits per heavy atom. The molecule has 0 aromatic heterocycles. The molecule has 2 amide bonds. The first kappa shape index (κ1) is 23.4. The number of amides is 2. The van der Waals surface area contributed by atoms with Gasteiger partial charge in [-0.25, -0.2) is 9.59 Å². The number of carboxylic acid groups (broad SMARTS) is 1. The minimum absolute atomic E-state index is 0.00454. The van der Waals surface area contributed by atoms with Gasteiger partial charge in [0, 0.05) is 18.2 Å². The van der Waals surface area contributed by atoms with Gasteiger partial charge in [0.15, 0.2) is 0 Å². The highest BCUT2D eigenvalue weighted by molar-refractivity contribution is 7.99. The lowest BCUT2D eigenvalue weighted by Gasteiger charge is -2.14. The van der Waals surface area contributed by atoms with Crippen molar-refractivity contribution in [3.63, 3.8) is 0 Å². The molecular weight excluding hydrogens is 452 g/mol. The fourth-order valence-corrected chi connectivity index (χ4v) is 4.65. The molecule has 0 heterocycles. The molecule has 1 aliphatic carbocycles. The number of ether oxygens (including phenoxy) is 1. The number of benzene rings is 3. The number of aromatic carboxylic acids is 1. The largest absolute Gasteiger partial charge is 0.478 e. The van der Waals surface area contributed by atoms with Crippen LogP contribution in [0.4, 0.5) is 10.5 Å². The van der Waals surface area contributed by atoms with Crippen LogP contribution in [0.1, 0.15) is 27.4 Å². The molecule has 0 fully saturated rings. The number of alkyl carbamates (subject to hydrolysis) is 1. The number of carbonyl (C=O) groups excluding carboxylic acids is 2. The van der Waals surface area contributed by atoms with Gasteiger partial charge >= 0.3 is 12.1 Å². The van der Waals surface area contributed by atoms with Gasteiger partial charge in [-0.3, -0.25) is 4.79 Å². The zero-order valence-electron chi connectivity index (χ0n) is 18.3. The third kappa shape index (κ3) is 5.40. The summed E-state index contributed by atoms with van der Waals surface area (Å²) >= 11 is 1.33. The molecule has 4 rings (SSSR count). The summed E-state index contributed by atoms with van der Waals surface area (Å²) in [6.45, 7) is 0.596. The second kappa shape index (κ2) is 10.9. The molecule has 0 unspecified atom stereocenters. The van der Waals surface area contributed by atoms with Crippen LogP contribution in [0.2, 0.25) is 0 Å². The standard InChI is InChI=1S/C26H24N2O5S/c29-24(28-23-12-6-5-11-21(23)25(30)31)16-34-14-13-27-26(32)33-15-22-19-9-3-1-7-17(19)18-8-2-4-10-20(18)22/h1-12,22H,13-16H2,(H,27,32)(H,28,29)(H,30,31). The Kier molecular flexibility index (Phi) is 7.49. The average Bonchev–Trinajstić information content (AvgIpc) is 3.16. The number of hydrogen-bond acceptors (Lipinski definition) is 5. The third-order valence-corrected chi connectivity index (χ3v) is 6.48. The number of hydrogen-bond donors (Lipinski definition) is 3. The second-order valence-electron chi connectivity index (χ2n) is 7.70. The lowest BCUT2D eigenvalue weighted by molar-refractivity contribution is -0.113. The summed E-state index contributed by atoms with van der Waals surface area (Å²) in [6.07, 6.45) is -0.498. The van der Waals surface area contributed by atoms with E-state index in [0.29, 0.717) is 12.3 Å². The van der Waals surface area contributed by atoms with Crippen LogP contribution >= 0.6 is 11.8 Å². The van der Waals surface area contributed by atoms with Crippen LogP contribution in [0, 0.1) is 0 Å². The quantitative estimate of drug-likeness (QED) is 0.390. The molecule has 0 saturated heterocycles. The molecule has 3 aromatic rings. The van der Waals surface area contributed by atoms with Crippen LogP contribution in [0.5, 0.6) is 0 Å². The molecule has 3 N–H and O–H groups in total. The van der Waals surface area contributed by atoms with Crippen LogP contribution in [-0.2, 0) is 9.53 Å². The minimum Gasteiger partial charge on any atom is -0.478 e. The Labute approximate surface area is 201 Å². The molecule has 0 radical (unpaired) electrons. The molecule has 1 aliphatic rings. The first-order valence-electron chi connectivity index (χ1n) is 10.8. The number of carboxylic acids is 1. The topological polar surface area (TPSA) is 105 Å². The maximum atomic E-state index is 12.2. The van der Waals surface area contributed by atoms with Gasteiger partial charge < -0.3 is 20.5 Å². The van der Waals surface area contributed by atoms with Crippen molar-refractivity contribution in [1.82, 2.24) is 5.32 Å². The summed E-state index contributed by atoms with van der Waals surface area (Å²) in [7, 11) is 0. The number of fused-ring (bicyclic) bond motifs is 3. The molecule has 0 bridgehead atoms. The summed E-state index contributed by atoms with van der Waals surface area (Å²) in [5.41, 5.74) is 4.96. The minimum atomic E-state index is -1.10. The lowest BCUT2D eigenvalue weighted by atomic mass is 9.98. The smallest absolute Gasteiger partial charge is 0.407 e. The van der Waals surface area contributed by atoms with E-state index in [0.717, 1.165) is 11.1 Å². The zero-order valence-corrected chi connectivity index (χ0v) is 19.1. The second-order valence-corrected chi connectivity index (χ2v) is 8.81. The van der Waals surface area contributed by atoms with Crippen molar-refractivity contribution in [2.24, 2.45) is 0 Å². The van der Waals surface area contributed by atoms with Gasteiger partial charge in [0.05, 0.1) is 17.0 Å². The summed E-state index contributed by atoms with van der Waals surface area (Å²) in [5.74, 6) is -0.751. The SMILES string of the molecule is O=C(CSCCNC(=O)OCC1c2ccccc2-c2ccccc21)Nc1ccccc1C(=O)O. The fraction of sp³-hybridized carbons (Fsp3) is 0.192. The molecule has 0 saturated carbocycles. The van der Waals surface area contributed by atoms with Crippen molar-refractivity contribution in [2.75, 3.05) is 30.0 Å². The monoisotopic (exact) mass is 476 g/mol. The molecular formula is C26H24N2O5S. The predicted octanol–water partition coefficient (Wildman–Crippen LogP) is 4.60. The van der Waals surface area contributed by atoms with Crippen molar-refractivity contribution < 1.29 is 24.2 Å². The van der Waals surface area contributed by atoms with Gasteiger partial charge in [-0.15, -0.1) is 0 Å². The molecule has 7 nitrogen and oxygen atoms in total. The number of para-hydroxylation sites is 1. The van der Waals surface area contributed by atoms with E-state index in [9.17, 15) is 19.5 Å². The van der Waals surface area contributed by atoms with E-state index in [4.69, 9.17) is 4.74 Å². The molecule has 3 aromatic carbocycles. The van der Waals surface area contributed by atoms with Crippen LogP contribution in [0.25, 0.3) is 11.1 Å². The Morgan fingerprint density at radius 3 is 2.18 bits per heavy atom. The van der Waals surface area contributed by atoms with Gasteiger partial charge in [0.25, 0.3) is 0 Å². The van der Waals surface area contributed by atoms with Crippen molar-refractivity contribution in [1.29, 1.82) is 0 Å². The van der Waals surface area contributed by atoms with E-state index in [1.807, 2.05) is 24.3 Å². The highest BCUT2D eigenvalue weighted by Crippen LogP contribution is 2.44. The summed E-state index contributed by atoms with van der Waals surface area (Å²) in [6, 6.07) is 22.5. The van der Waals surface area contributed by atoms with E-state index >= 15 is 0 Å². The van der Waals surface area contributed by atoms with E-state index in [-0.39, 0.29) is 35.4 Å².